The van der Waals surface area contributed by atoms with Crippen molar-refractivity contribution >= 4 is 31.8 Å². The summed E-state index contributed by atoms with van der Waals surface area (Å²) in [7, 11) is -0.448. The largest absolute Gasteiger partial charge is 0.491 e. The number of carboxylic acids is 1. The van der Waals surface area contributed by atoms with E-state index in [2.05, 4.69) is 12.6 Å². The summed E-state index contributed by atoms with van der Waals surface area (Å²) < 4.78 is 12.1. The van der Waals surface area contributed by atoms with E-state index < -0.39 is 24.3 Å². The van der Waals surface area contributed by atoms with Crippen molar-refractivity contribution in [2.75, 3.05) is 5.75 Å². The summed E-state index contributed by atoms with van der Waals surface area (Å²) in [5, 5.41) is 9.05. The van der Waals surface area contributed by atoms with E-state index in [4.69, 9.17) is 14.4 Å². The number of aryl methyl sites for hydroxylation is 1. The van der Waals surface area contributed by atoms with Gasteiger partial charge in [0.2, 0.25) is 0 Å². The maximum atomic E-state index is 11.0. The number of hydrogen-bond donors (Lipinski definition) is 2. The first-order valence-electron chi connectivity index (χ1n) is 7.58. The van der Waals surface area contributed by atoms with Crippen LogP contribution in [0.25, 0.3) is 6.08 Å². The third kappa shape index (κ3) is 3.65. The van der Waals surface area contributed by atoms with E-state index in [1.165, 1.54) is 0 Å². The Kier molecular flexibility index (Phi) is 4.99. The van der Waals surface area contributed by atoms with Gasteiger partial charge < -0.3 is 14.4 Å². The highest BCUT2D eigenvalue weighted by Crippen LogP contribution is 2.39. The molecule has 1 fully saturated rings. The summed E-state index contributed by atoms with van der Waals surface area (Å²) in [5.41, 5.74) is 2.22. The van der Waals surface area contributed by atoms with Crippen molar-refractivity contribution in [3.05, 3.63) is 40.4 Å². The van der Waals surface area contributed by atoms with E-state index in [0.717, 1.165) is 16.6 Å². The second-order valence-corrected chi connectivity index (χ2v) is 7.16. The van der Waals surface area contributed by atoms with Gasteiger partial charge in [-0.25, -0.2) is 4.79 Å². The van der Waals surface area contributed by atoms with Crippen LogP contribution in [0.3, 0.4) is 0 Å². The Morgan fingerprint density at radius 1 is 1.26 bits per heavy atom. The zero-order valence-electron chi connectivity index (χ0n) is 14.2. The smallest absolute Gasteiger partial charge is 0.478 e. The predicted molar refractivity (Wildman–Crippen MR) is 96.1 cm³/mol. The van der Waals surface area contributed by atoms with Crippen LogP contribution in [0, 0.1) is 6.92 Å². The van der Waals surface area contributed by atoms with Crippen molar-refractivity contribution in [3.8, 4) is 0 Å². The lowest BCUT2D eigenvalue weighted by atomic mass is 9.78. The second kappa shape index (κ2) is 6.34. The molecule has 0 spiro atoms. The van der Waals surface area contributed by atoms with Gasteiger partial charge in [0.25, 0.3) is 0 Å². The molecule has 2 rings (SSSR count). The molecule has 0 atom stereocenters. The van der Waals surface area contributed by atoms with E-state index in [1.807, 2.05) is 40.7 Å². The van der Waals surface area contributed by atoms with Crippen LogP contribution < -0.4 is 0 Å². The lowest BCUT2D eigenvalue weighted by molar-refractivity contribution is 0.00578. The Labute approximate surface area is 143 Å². The highest BCUT2D eigenvalue weighted by Gasteiger charge is 2.52. The number of carbonyl (C=O) groups is 1. The van der Waals surface area contributed by atoms with Gasteiger partial charge in [0, 0.05) is 5.75 Å². The normalized spacial score (nSPS) is 19.9. The second-order valence-electron chi connectivity index (χ2n) is 6.84. The van der Waals surface area contributed by atoms with Crippen LogP contribution in [0.1, 0.15) is 49.2 Å². The minimum Gasteiger partial charge on any atom is -0.478 e. The fourth-order valence-corrected chi connectivity index (χ4v) is 2.59. The summed E-state index contributed by atoms with van der Waals surface area (Å²) in [6.07, 6.45) is 1.97. The molecule has 1 aliphatic heterocycles. The maximum Gasteiger partial charge on any atom is 0.491 e. The molecule has 1 N–H and O–H groups in total. The molecule has 0 radical (unpaired) electrons. The predicted octanol–water partition coefficient (Wildman–Crippen LogP) is 3.64. The van der Waals surface area contributed by atoms with Crippen LogP contribution in [0.2, 0.25) is 0 Å². The first-order valence-corrected chi connectivity index (χ1v) is 8.21. The van der Waals surface area contributed by atoms with Crippen LogP contribution in [0.15, 0.2) is 23.7 Å². The van der Waals surface area contributed by atoms with E-state index in [1.54, 1.807) is 18.2 Å². The van der Waals surface area contributed by atoms with Crippen molar-refractivity contribution in [2.24, 2.45) is 0 Å². The molecule has 1 aromatic rings. The Bertz CT molecular complexity index is 636. The highest BCUT2D eigenvalue weighted by molar-refractivity contribution is 7.80. The molecule has 0 unspecified atom stereocenters. The molecule has 124 valence electrons. The van der Waals surface area contributed by atoms with E-state index in [0.29, 0.717) is 5.75 Å². The molecule has 0 saturated carbocycles. The number of rotatable bonds is 4. The van der Waals surface area contributed by atoms with Gasteiger partial charge in [0.05, 0.1) is 16.8 Å². The average Bonchev–Trinajstić information content (AvgIpc) is 2.65. The van der Waals surface area contributed by atoms with Crippen LogP contribution in [0.5, 0.6) is 0 Å². The van der Waals surface area contributed by atoms with Crippen molar-refractivity contribution in [2.45, 2.75) is 45.8 Å². The van der Waals surface area contributed by atoms with Gasteiger partial charge in [-0.3, -0.25) is 0 Å². The van der Waals surface area contributed by atoms with Crippen molar-refractivity contribution in [1.29, 1.82) is 0 Å². The molecule has 1 aliphatic rings. The third-order valence-corrected chi connectivity index (χ3v) is 4.96. The van der Waals surface area contributed by atoms with Crippen molar-refractivity contribution in [3.63, 3.8) is 0 Å². The van der Waals surface area contributed by atoms with Crippen molar-refractivity contribution in [1.82, 2.24) is 0 Å². The van der Waals surface area contributed by atoms with E-state index in [9.17, 15) is 4.79 Å². The number of hydrogen-bond acceptors (Lipinski definition) is 4. The first kappa shape index (κ1) is 18.1. The molecule has 0 aliphatic carbocycles. The van der Waals surface area contributed by atoms with Crippen LogP contribution in [-0.4, -0.2) is 35.1 Å². The highest BCUT2D eigenvalue weighted by atomic mass is 32.1. The van der Waals surface area contributed by atoms with Crippen LogP contribution >= 0.6 is 12.6 Å². The van der Waals surface area contributed by atoms with E-state index in [-0.39, 0.29) is 5.56 Å². The molecule has 1 aromatic carbocycles. The Morgan fingerprint density at radius 3 is 2.26 bits per heavy atom. The zero-order valence-corrected chi connectivity index (χ0v) is 15.1. The van der Waals surface area contributed by atoms with Crippen LogP contribution in [-0.2, 0) is 9.31 Å². The lowest BCUT2D eigenvalue weighted by Gasteiger charge is -2.32. The summed E-state index contributed by atoms with van der Waals surface area (Å²) in [6.45, 7) is 9.93. The number of carboxylic acid groups (broad SMARTS) is 1. The molecule has 1 heterocycles. The summed E-state index contributed by atoms with van der Waals surface area (Å²) >= 11 is 4.40. The monoisotopic (exact) mass is 334 g/mol. The van der Waals surface area contributed by atoms with Crippen LogP contribution in [0.4, 0.5) is 0 Å². The van der Waals surface area contributed by atoms with Gasteiger partial charge in [0.1, 0.15) is 0 Å². The average molecular weight is 334 g/mol. The Hall–Kier alpha value is -1.24. The standard InChI is InChI=1S/C17H23BO4S/c1-11-8-13(15(19)20)7-6-12(11)9-14(10-23)18-21-16(2,3)17(4,5)22-18/h6-9,23H,10H2,1-5H3,(H,19,20). The molecular weight excluding hydrogens is 311 g/mol. The molecular formula is C17H23BO4S. The van der Waals surface area contributed by atoms with Gasteiger partial charge in [-0.2, -0.15) is 12.6 Å². The molecule has 23 heavy (non-hydrogen) atoms. The molecule has 0 amide bonds. The number of thiol groups is 1. The fraction of sp³-hybridized carbons (Fsp3) is 0.471. The van der Waals surface area contributed by atoms with Gasteiger partial charge >= 0.3 is 13.1 Å². The minimum absolute atomic E-state index is 0.280. The maximum absolute atomic E-state index is 11.0. The molecule has 1 saturated heterocycles. The van der Waals surface area contributed by atoms with Crippen molar-refractivity contribution < 1.29 is 19.2 Å². The Balaban J connectivity index is 2.32. The first-order chi connectivity index (χ1) is 10.6. The van der Waals surface area contributed by atoms with Gasteiger partial charge in [0.15, 0.2) is 0 Å². The number of benzene rings is 1. The quantitative estimate of drug-likeness (QED) is 0.652. The zero-order chi connectivity index (χ0) is 17.4. The van der Waals surface area contributed by atoms with Gasteiger partial charge in [-0.05, 0) is 63.4 Å². The summed E-state index contributed by atoms with van der Waals surface area (Å²) in [5.74, 6) is -0.430. The molecule has 0 aromatic heterocycles. The fourth-order valence-electron chi connectivity index (χ4n) is 2.35. The topological polar surface area (TPSA) is 55.8 Å². The van der Waals surface area contributed by atoms with Gasteiger partial charge in [-0.15, -0.1) is 0 Å². The molecule has 4 nitrogen and oxygen atoms in total. The van der Waals surface area contributed by atoms with E-state index >= 15 is 0 Å². The molecule has 0 bridgehead atoms. The summed E-state index contributed by atoms with van der Waals surface area (Å²) in [4.78, 5) is 11.0. The SMILES string of the molecule is Cc1cc(C(=O)O)ccc1C=C(CS)B1OC(C)(C)C(C)(C)O1. The Morgan fingerprint density at radius 2 is 1.83 bits per heavy atom. The van der Waals surface area contributed by atoms with Gasteiger partial charge in [-0.1, -0.05) is 12.1 Å². The lowest BCUT2D eigenvalue weighted by Crippen LogP contribution is -2.41. The summed E-state index contributed by atoms with van der Waals surface area (Å²) in [6, 6.07) is 5.06. The minimum atomic E-state index is -0.927. The molecule has 6 heteroatoms. The third-order valence-electron chi connectivity index (χ3n) is 4.60. The number of aromatic carboxylic acids is 1.